The molecule has 0 bridgehead atoms. The second-order valence-corrected chi connectivity index (χ2v) is 7.97. The van der Waals surface area contributed by atoms with Crippen LogP contribution in [0.15, 0.2) is 30.3 Å². The molecule has 0 unspecified atom stereocenters. The fraction of sp³-hybridized carbons (Fsp3) is 0.278. The smallest absolute Gasteiger partial charge is 0.277 e. The van der Waals surface area contributed by atoms with Crippen molar-refractivity contribution in [3.05, 3.63) is 56.1 Å². The van der Waals surface area contributed by atoms with Crippen molar-refractivity contribution in [3.63, 3.8) is 0 Å². The van der Waals surface area contributed by atoms with E-state index in [1.165, 1.54) is 0 Å². The van der Waals surface area contributed by atoms with E-state index in [9.17, 15) is 18.7 Å². The Morgan fingerprint density at radius 2 is 1.93 bits per heavy atom. The molecule has 1 aliphatic rings. The molecule has 0 saturated heterocycles. The first-order chi connectivity index (χ1) is 12.8. The van der Waals surface area contributed by atoms with Crippen molar-refractivity contribution >= 4 is 51.5 Å². The summed E-state index contributed by atoms with van der Waals surface area (Å²) in [5.41, 5.74) is 1.81. The average molecular weight is 509 g/mol. The summed E-state index contributed by atoms with van der Waals surface area (Å²) >= 11 is 8.24. The van der Waals surface area contributed by atoms with Gasteiger partial charge in [-0.05, 0) is 59.7 Å². The largest absolute Gasteiger partial charge is 0.390 e. The van der Waals surface area contributed by atoms with Crippen LogP contribution < -0.4 is 10.8 Å². The molecule has 3 N–H and O–H groups in total. The number of amides is 1. The van der Waals surface area contributed by atoms with Crippen molar-refractivity contribution in [1.29, 1.82) is 0 Å². The molecule has 5 nitrogen and oxygen atoms in total. The molecule has 0 atom stereocenters. The summed E-state index contributed by atoms with van der Waals surface area (Å²) in [6.45, 7) is 0.109. The van der Waals surface area contributed by atoms with Gasteiger partial charge < -0.3 is 10.4 Å². The number of aliphatic hydroxyl groups is 1. The summed E-state index contributed by atoms with van der Waals surface area (Å²) in [6, 6.07) is 6.80. The van der Waals surface area contributed by atoms with Crippen molar-refractivity contribution in [3.8, 4) is 0 Å². The van der Waals surface area contributed by atoms with Gasteiger partial charge in [0.25, 0.3) is 5.91 Å². The van der Waals surface area contributed by atoms with Crippen LogP contribution in [0.5, 0.6) is 0 Å². The quantitative estimate of drug-likeness (QED) is 0.292. The number of hydrogen-bond donors (Lipinski definition) is 3. The predicted octanol–water partition coefficient (Wildman–Crippen LogP) is 4.54. The van der Waals surface area contributed by atoms with Crippen molar-refractivity contribution in [1.82, 2.24) is 5.48 Å². The van der Waals surface area contributed by atoms with Crippen molar-refractivity contribution < 1.29 is 23.5 Å². The summed E-state index contributed by atoms with van der Waals surface area (Å²) in [4.78, 5) is 17.4. The number of benzene rings is 2. The summed E-state index contributed by atoms with van der Waals surface area (Å²) in [5.74, 6) is -3.01. The van der Waals surface area contributed by atoms with Gasteiger partial charge in [0.2, 0.25) is 0 Å². The molecule has 1 amide bonds. The Morgan fingerprint density at radius 1 is 1.22 bits per heavy atom. The summed E-state index contributed by atoms with van der Waals surface area (Å²) in [7, 11) is 0. The lowest BCUT2D eigenvalue weighted by Gasteiger charge is -2.14. The standard InChI is InChI=1S/C18H16ClF2IN2O3/c19-12-7-10(22)1-2-15(12)23-16-9-14(21)13(20)8-11(16)17(25)24-27-6-5-18(26)3-4-18/h1-2,7-9,23,26H,3-6H2,(H,24,25). The molecule has 0 spiro atoms. The Balaban J connectivity index is 1.74. The summed E-state index contributed by atoms with van der Waals surface area (Å²) in [6.07, 6.45) is 1.80. The minimum absolute atomic E-state index is 0.0407. The van der Waals surface area contributed by atoms with Crippen LogP contribution in [0.1, 0.15) is 29.6 Å². The monoisotopic (exact) mass is 508 g/mol. The lowest BCUT2D eigenvalue weighted by molar-refractivity contribution is 0.0120. The highest BCUT2D eigenvalue weighted by Crippen LogP contribution is 2.38. The van der Waals surface area contributed by atoms with E-state index in [0.29, 0.717) is 30.0 Å². The van der Waals surface area contributed by atoms with Gasteiger partial charge in [0, 0.05) is 16.1 Å². The first-order valence-corrected chi connectivity index (χ1v) is 9.59. The van der Waals surface area contributed by atoms with Crippen LogP contribution >= 0.6 is 34.2 Å². The summed E-state index contributed by atoms with van der Waals surface area (Å²) < 4.78 is 28.3. The molecule has 144 valence electrons. The predicted molar refractivity (Wildman–Crippen MR) is 106 cm³/mol. The van der Waals surface area contributed by atoms with Gasteiger partial charge in [-0.25, -0.2) is 14.3 Å². The van der Waals surface area contributed by atoms with Crippen LogP contribution in [0, 0.1) is 15.2 Å². The first kappa shape index (κ1) is 20.2. The van der Waals surface area contributed by atoms with Gasteiger partial charge in [-0.2, -0.15) is 0 Å². The number of carbonyl (C=O) groups excluding carboxylic acids is 1. The second-order valence-electron chi connectivity index (χ2n) is 6.32. The first-order valence-electron chi connectivity index (χ1n) is 8.13. The molecule has 27 heavy (non-hydrogen) atoms. The molecule has 0 aliphatic heterocycles. The number of nitrogens with one attached hydrogen (secondary N) is 2. The van der Waals surface area contributed by atoms with Gasteiger partial charge in [0.15, 0.2) is 11.6 Å². The molecule has 0 radical (unpaired) electrons. The van der Waals surface area contributed by atoms with Crippen molar-refractivity contribution in [2.45, 2.75) is 24.9 Å². The maximum atomic E-state index is 13.7. The van der Waals surface area contributed by atoms with Crippen LogP contribution in [0.4, 0.5) is 20.2 Å². The number of hydroxylamine groups is 1. The molecule has 3 rings (SSSR count). The van der Waals surface area contributed by atoms with Gasteiger partial charge in [0.05, 0.1) is 34.2 Å². The van der Waals surface area contributed by atoms with Gasteiger partial charge in [0.1, 0.15) is 0 Å². The molecule has 1 saturated carbocycles. The zero-order valence-electron chi connectivity index (χ0n) is 14.0. The molecule has 2 aromatic rings. The maximum absolute atomic E-state index is 13.7. The third-order valence-corrected chi connectivity index (χ3v) is 5.15. The normalized spacial score (nSPS) is 14.7. The van der Waals surface area contributed by atoms with Crippen LogP contribution in [-0.2, 0) is 4.84 Å². The molecule has 0 aromatic heterocycles. The Kier molecular flexibility index (Phi) is 6.19. The molecule has 9 heteroatoms. The number of hydrogen-bond acceptors (Lipinski definition) is 4. The minimum Gasteiger partial charge on any atom is -0.390 e. The van der Waals surface area contributed by atoms with E-state index in [4.69, 9.17) is 16.4 Å². The van der Waals surface area contributed by atoms with E-state index in [1.54, 1.807) is 18.2 Å². The molecular weight excluding hydrogens is 493 g/mol. The highest BCUT2D eigenvalue weighted by atomic mass is 127. The SMILES string of the molecule is O=C(NOCCC1(O)CC1)c1cc(F)c(F)cc1Nc1ccc(I)cc1Cl. The minimum atomic E-state index is -1.16. The van der Waals surface area contributed by atoms with Gasteiger partial charge in [-0.15, -0.1) is 0 Å². The highest BCUT2D eigenvalue weighted by Gasteiger charge is 2.39. The average Bonchev–Trinajstić information content (AvgIpc) is 3.34. The molecule has 2 aromatic carbocycles. The van der Waals surface area contributed by atoms with Gasteiger partial charge in [-0.3, -0.25) is 9.63 Å². The van der Waals surface area contributed by atoms with Gasteiger partial charge >= 0.3 is 0 Å². The topological polar surface area (TPSA) is 70.6 Å². The third-order valence-electron chi connectivity index (χ3n) is 4.17. The lowest BCUT2D eigenvalue weighted by atomic mass is 10.1. The number of halogens is 4. The number of rotatable bonds is 7. The summed E-state index contributed by atoms with van der Waals surface area (Å²) in [5, 5.41) is 12.9. The fourth-order valence-electron chi connectivity index (χ4n) is 2.38. The Bertz CT molecular complexity index is 878. The van der Waals surface area contributed by atoms with E-state index in [-0.39, 0.29) is 17.9 Å². The van der Waals surface area contributed by atoms with E-state index < -0.39 is 23.1 Å². The maximum Gasteiger partial charge on any atom is 0.277 e. The molecule has 1 fully saturated rings. The Morgan fingerprint density at radius 3 is 2.59 bits per heavy atom. The van der Waals surface area contributed by atoms with Crippen LogP contribution in [0.25, 0.3) is 0 Å². The van der Waals surface area contributed by atoms with Crippen LogP contribution in [0.2, 0.25) is 5.02 Å². The van der Waals surface area contributed by atoms with E-state index in [0.717, 1.165) is 15.7 Å². The fourth-order valence-corrected chi connectivity index (χ4v) is 3.28. The zero-order chi connectivity index (χ0) is 19.6. The van der Waals surface area contributed by atoms with E-state index in [2.05, 4.69) is 33.4 Å². The third kappa shape index (κ3) is 5.28. The lowest BCUT2D eigenvalue weighted by Crippen LogP contribution is -2.26. The van der Waals surface area contributed by atoms with E-state index in [1.807, 2.05) is 0 Å². The van der Waals surface area contributed by atoms with Gasteiger partial charge in [-0.1, -0.05) is 11.6 Å². The number of carbonyl (C=O) groups is 1. The number of anilines is 2. The second kappa shape index (κ2) is 8.26. The Labute approximate surface area is 173 Å². The molecular formula is C18H16ClF2IN2O3. The van der Waals surface area contributed by atoms with Crippen LogP contribution in [-0.4, -0.2) is 23.2 Å². The zero-order valence-corrected chi connectivity index (χ0v) is 16.9. The van der Waals surface area contributed by atoms with Crippen molar-refractivity contribution in [2.24, 2.45) is 0 Å². The molecule has 1 aliphatic carbocycles. The van der Waals surface area contributed by atoms with E-state index >= 15 is 0 Å². The highest BCUT2D eigenvalue weighted by molar-refractivity contribution is 14.1. The van der Waals surface area contributed by atoms with Crippen molar-refractivity contribution in [2.75, 3.05) is 11.9 Å². The Hall–Kier alpha value is -1.49. The van der Waals surface area contributed by atoms with Crippen LogP contribution in [0.3, 0.4) is 0 Å². The molecule has 0 heterocycles.